The van der Waals surface area contributed by atoms with E-state index in [9.17, 15) is 4.79 Å². The number of hydrogen-bond acceptors (Lipinski definition) is 2. The van der Waals surface area contributed by atoms with Crippen LogP contribution in [0.15, 0.2) is 24.5 Å². The van der Waals surface area contributed by atoms with Crippen molar-refractivity contribution in [1.29, 1.82) is 0 Å². The Balaban J connectivity index is 3.47. The van der Waals surface area contributed by atoms with Gasteiger partial charge in [0.05, 0.1) is 6.26 Å². The van der Waals surface area contributed by atoms with Gasteiger partial charge in [-0.1, -0.05) is 32.8 Å². The van der Waals surface area contributed by atoms with Crippen LogP contribution in [0, 0.1) is 0 Å². The van der Waals surface area contributed by atoms with Crippen molar-refractivity contribution in [3.05, 3.63) is 24.5 Å². The predicted molar refractivity (Wildman–Crippen MR) is 58.8 cm³/mol. The van der Waals surface area contributed by atoms with E-state index in [1.807, 2.05) is 12.2 Å². The highest BCUT2D eigenvalue weighted by atomic mass is 16.5. The van der Waals surface area contributed by atoms with E-state index in [2.05, 4.69) is 13.8 Å². The highest BCUT2D eigenvalue weighted by Crippen LogP contribution is 1.96. The molecule has 0 aliphatic rings. The molecule has 2 heteroatoms. The minimum absolute atomic E-state index is 0.286. The average molecular weight is 196 g/mol. The Morgan fingerprint density at radius 1 is 1.14 bits per heavy atom. The molecule has 0 aliphatic heterocycles. The third-order valence-electron chi connectivity index (χ3n) is 1.71. The smallest absolute Gasteiger partial charge is 0.335 e. The fraction of sp³-hybridized carbons (Fsp3) is 0.583. The fourth-order valence-corrected chi connectivity index (χ4v) is 0.891. The molecular weight excluding hydrogens is 176 g/mol. The number of rotatable bonds is 7. The van der Waals surface area contributed by atoms with Crippen LogP contribution < -0.4 is 0 Å². The average Bonchev–Trinajstić information content (AvgIpc) is 2.18. The van der Waals surface area contributed by atoms with Crippen LogP contribution in [0.25, 0.3) is 0 Å². The van der Waals surface area contributed by atoms with Crippen LogP contribution in [0.3, 0.4) is 0 Å². The van der Waals surface area contributed by atoms with Gasteiger partial charge in [-0.25, -0.2) is 4.79 Å². The lowest BCUT2D eigenvalue weighted by atomic mass is 10.2. The first kappa shape index (κ1) is 12.9. The van der Waals surface area contributed by atoms with E-state index in [4.69, 9.17) is 4.74 Å². The molecule has 0 aliphatic carbocycles. The summed E-state index contributed by atoms with van der Waals surface area (Å²) in [6, 6.07) is 0. The number of ether oxygens (including phenoxy) is 1. The molecule has 0 N–H and O–H groups in total. The van der Waals surface area contributed by atoms with Gasteiger partial charge in [-0.3, -0.25) is 0 Å². The molecule has 0 atom stereocenters. The molecular formula is C12H20O2. The van der Waals surface area contributed by atoms with E-state index in [1.165, 1.54) is 12.3 Å². The molecule has 0 aromatic carbocycles. The molecule has 0 saturated carbocycles. The number of carbonyl (C=O) groups is 1. The van der Waals surface area contributed by atoms with Crippen LogP contribution in [0.4, 0.5) is 0 Å². The second-order valence-corrected chi connectivity index (χ2v) is 3.14. The molecule has 0 aromatic rings. The predicted octanol–water partition coefficient (Wildman–Crippen LogP) is 3.59. The van der Waals surface area contributed by atoms with Gasteiger partial charge >= 0.3 is 5.97 Å². The molecule has 0 heterocycles. The zero-order valence-electron chi connectivity index (χ0n) is 9.16. The lowest BCUT2D eigenvalue weighted by molar-refractivity contribution is -0.132. The Morgan fingerprint density at radius 3 is 2.57 bits per heavy atom. The van der Waals surface area contributed by atoms with Gasteiger partial charge in [0.25, 0.3) is 0 Å². The van der Waals surface area contributed by atoms with Crippen LogP contribution >= 0.6 is 0 Å². The van der Waals surface area contributed by atoms with E-state index in [0.29, 0.717) is 0 Å². The van der Waals surface area contributed by atoms with Crippen LogP contribution in [0.5, 0.6) is 0 Å². The number of hydrogen-bond donors (Lipinski definition) is 0. The van der Waals surface area contributed by atoms with Crippen molar-refractivity contribution in [3.63, 3.8) is 0 Å². The molecule has 2 nitrogen and oxygen atoms in total. The highest BCUT2D eigenvalue weighted by Gasteiger charge is 1.90. The van der Waals surface area contributed by atoms with Gasteiger partial charge in [-0.2, -0.15) is 0 Å². The summed E-state index contributed by atoms with van der Waals surface area (Å²) in [5.41, 5.74) is 0. The summed E-state index contributed by atoms with van der Waals surface area (Å²) < 4.78 is 4.83. The molecule has 0 aromatic heterocycles. The van der Waals surface area contributed by atoms with Gasteiger partial charge in [-0.05, 0) is 25.3 Å². The standard InChI is InChI=1S/C12H20O2/c1-3-5-7-9-11-14-12(13)10-8-6-4-2/h8-11H,3-7H2,1-2H3/b10-8+,11-9+. The topological polar surface area (TPSA) is 26.3 Å². The number of carbonyl (C=O) groups excluding carboxylic acids is 1. The molecule has 0 unspecified atom stereocenters. The Bertz CT molecular complexity index is 192. The minimum Gasteiger partial charge on any atom is -0.432 e. The third kappa shape index (κ3) is 9.04. The lowest BCUT2D eigenvalue weighted by Gasteiger charge is -1.92. The summed E-state index contributed by atoms with van der Waals surface area (Å²) in [6.07, 6.45) is 11.9. The summed E-state index contributed by atoms with van der Waals surface area (Å²) in [5, 5.41) is 0. The lowest BCUT2D eigenvalue weighted by Crippen LogP contribution is -1.93. The van der Waals surface area contributed by atoms with E-state index >= 15 is 0 Å². The quantitative estimate of drug-likeness (QED) is 0.269. The molecule has 0 spiro atoms. The largest absolute Gasteiger partial charge is 0.432 e. The molecule has 0 radical (unpaired) electrons. The number of allylic oxidation sites excluding steroid dienone is 2. The maximum Gasteiger partial charge on any atom is 0.335 e. The number of unbranched alkanes of at least 4 members (excludes halogenated alkanes) is 3. The maximum absolute atomic E-state index is 11.0. The van der Waals surface area contributed by atoms with Crippen molar-refractivity contribution in [2.45, 2.75) is 46.0 Å². The summed E-state index contributed by atoms with van der Waals surface area (Å²) in [5.74, 6) is -0.286. The van der Waals surface area contributed by atoms with Crippen LogP contribution in [-0.4, -0.2) is 5.97 Å². The zero-order valence-corrected chi connectivity index (χ0v) is 9.16. The van der Waals surface area contributed by atoms with E-state index < -0.39 is 0 Å². The first-order chi connectivity index (χ1) is 6.81. The van der Waals surface area contributed by atoms with Gasteiger partial charge in [0.1, 0.15) is 0 Å². The minimum atomic E-state index is -0.286. The normalized spacial score (nSPS) is 11.3. The van der Waals surface area contributed by atoms with Crippen LogP contribution in [-0.2, 0) is 9.53 Å². The Morgan fingerprint density at radius 2 is 1.93 bits per heavy atom. The van der Waals surface area contributed by atoms with Crippen molar-refractivity contribution in [1.82, 2.24) is 0 Å². The molecule has 0 saturated heterocycles. The second kappa shape index (κ2) is 10.0. The van der Waals surface area contributed by atoms with Gasteiger partial charge in [0.2, 0.25) is 0 Å². The Hall–Kier alpha value is -1.05. The molecule has 0 fully saturated rings. The molecule has 0 amide bonds. The third-order valence-corrected chi connectivity index (χ3v) is 1.71. The van der Waals surface area contributed by atoms with Crippen LogP contribution in [0.2, 0.25) is 0 Å². The first-order valence-corrected chi connectivity index (χ1v) is 5.33. The van der Waals surface area contributed by atoms with E-state index in [-0.39, 0.29) is 5.97 Å². The van der Waals surface area contributed by atoms with Crippen molar-refractivity contribution in [2.24, 2.45) is 0 Å². The Labute approximate surface area is 86.6 Å². The summed E-state index contributed by atoms with van der Waals surface area (Å²) in [4.78, 5) is 11.0. The fourth-order valence-electron chi connectivity index (χ4n) is 0.891. The monoisotopic (exact) mass is 196 g/mol. The van der Waals surface area contributed by atoms with Gasteiger partial charge in [0, 0.05) is 6.08 Å². The van der Waals surface area contributed by atoms with Gasteiger partial charge in [-0.15, -0.1) is 0 Å². The SMILES string of the molecule is CCC/C=C/C(=O)O/C=C/CCCC. The zero-order chi connectivity index (χ0) is 10.6. The molecule has 14 heavy (non-hydrogen) atoms. The summed E-state index contributed by atoms with van der Waals surface area (Å²) >= 11 is 0. The van der Waals surface area contributed by atoms with Gasteiger partial charge < -0.3 is 4.74 Å². The van der Waals surface area contributed by atoms with Crippen molar-refractivity contribution >= 4 is 5.97 Å². The number of esters is 1. The van der Waals surface area contributed by atoms with Crippen molar-refractivity contribution in [2.75, 3.05) is 0 Å². The van der Waals surface area contributed by atoms with Crippen LogP contribution in [0.1, 0.15) is 46.0 Å². The highest BCUT2D eigenvalue weighted by molar-refractivity contribution is 5.82. The van der Waals surface area contributed by atoms with Crippen molar-refractivity contribution in [3.8, 4) is 0 Å². The summed E-state index contributed by atoms with van der Waals surface area (Å²) in [7, 11) is 0. The Kier molecular flexibility index (Phi) is 9.28. The molecule has 0 bridgehead atoms. The molecule has 80 valence electrons. The first-order valence-electron chi connectivity index (χ1n) is 5.33. The van der Waals surface area contributed by atoms with E-state index in [1.54, 1.807) is 0 Å². The van der Waals surface area contributed by atoms with Crippen molar-refractivity contribution < 1.29 is 9.53 Å². The maximum atomic E-state index is 11.0. The second-order valence-electron chi connectivity index (χ2n) is 3.14. The molecule has 0 rings (SSSR count). The van der Waals surface area contributed by atoms with E-state index in [0.717, 1.165) is 32.1 Å². The van der Waals surface area contributed by atoms with Gasteiger partial charge in [0.15, 0.2) is 0 Å². The summed E-state index contributed by atoms with van der Waals surface area (Å²) in [6.45, 7) is 4.20.